The van der Waals surface area contributed by atoms with Gasteiger partial charge in [-0.05, 0) is 34.5 Å². The molecule has 0 atom stereocenters. The molecule has 1 amide bonds. The van der Waals surface area contributed by atoms with Gasteiger partial charge in [-0.1, -0.05) is 48.5 Å². The van der Waals surface area contributed by atoms with Crippen LogP contribution >= 0.6 is 11.3 Å². The number of nitrogens with one attached hydrogen (secondary N) is 1. The minimum absolute atomic E-state index is 0.208. The molecule has 4 aromatic rings. The zero-order chi connectivity index (χ0) is 17.8. The highest BCUT2D eigenvalue weighted by Crippen LogP contribution is 2.23. The van der Waals surface area contributed by atoms with Crippen LogP contribution in [0.3, 0.4) is 0 Å². The second-order valence-corrected chi connectivity index (χ2v) is 6.50. The van der Waals surface area contributed by atoms with Crippen LogP contribution in [0.25, 0.3) is 28.2 Å². The first-order chi connectivity index (χ1) is 12.8. The third-order valence-corrected chi connectivity index (χ3v) is 4.66. The summed E-state index contributed by atoms with van der Waals surface area (Å²) >= 11 is 1.38. The van der Waals surface area contributed by atoms with Crippen molar-refractivity contribution < 1.29 is 4.79 Å². The highest BCUT2D eigenvalue weighted by molar-refractivity contribution is 7.14. The molecule has 0 bridgehead atoms. The highest BCUT2D eigenvalue weighted by atomic mass is 32.1. The van der Waals surface area contributed by atoms with E-state index in [9.17, 15) is 4.79 Å². The van der Waals surface area contributed by atoms with Gasteiger partial charge >= 0.3 is 0 Å². The summed E-state index contributed by atoms with van der Waals surface area (Å²) in [6.07, 6.45) is 5.08. The van der Waals surface area contributed by atoms with Gasteiger partial charge in [-0.3, -0.25) is 15.1 Å². The maximum atomic E-state index is 12.2. The van der Waals surface area contributed by atoms with E-state index in [1.165, 1.54) is 17.4 Å². The van der Waals surface area contributed by atoms with E-state index in [0.29, 0.717) is 5.13 Å². The van der Waals surface area contributed by atoms with Crippen LogP contribution in [-0.2, 0) is 4.79 Å². The minimum Gasteiger partial charge on any atom is -0.298 e. The predicted octanol–water partition coefficient (Wildman–Crippen LogP) is 5.01. The summed E-state index contributed by atoms with van der Waals surface area (Å²) < 4.78 is 0. The van der Waals surface area contributed by atoms with Crippen molar-refractivity contribution in [2.75, 3.05) is 5.32 Å². The molecule has 0 aliphatic heterocycles. The number of aromatic nitrogens is 2. The third kappa shape index (κ3) is 3.53. The van der Waals surface area contributed by atoms with Crippen LogP contribution in [0.1, 0.15) is 5.56 Å². The molecule has 0 fully saturated rings. The fourth-order valence-electron chi connectivity index (χ4n) is 2.67. The van der Waals surface area contributed by atoms with E-state index in [0.717, 1.165) is 27.7 Å². The van der Waals surface area contributed by atoms with Crippen LogP contribution in [-0.4, -0.2) is 15.9 Å². The lowest BCUT2D eigenvalue weighted by Gasteiger charge is -2.01. The van der Waals surface area contributed by atoms with Crippen LogP contribution < -0.4 is 5.32 Å². The van der Waals surface area contributed by atoms with Crippen LogP contribution in [0.15, 0.2) is 78.3 Å². The Morgan fingerprint density at radius 2 is 1.81 bits per heavy atom. The molecule has 0 radical (unpaired) electrons. The van der Waals surface area contributed by atoms with Crippen molar-refractivity contribution in [1.29, 1.82) is 0 Å². The van der Waals surface area contributed by atoms with Gasteiger partial charge in [0, 0.05) is 17.7 Å². The second-order valence-electron chi connectivity index (χ2n) is 5.64. The number of nitrogens with zero attached hydrogens (tertiary/aromatic N) is 2. The molecule has 0 spiro atoms. The van der Waals surface area contributed by atoms with Gasteiger partial charge in [-0.2, -0.15) is 0 Å². The molecular weight excluding hydrogens is 342 g/mol. The smallest absolute Gasteiger partial charge is 0.250 e. The van der Waals surface area contributed by atoms with Crippen LogP contribution in [0.2, 0.25) is 0 Å². The fraction of sp³-hybridized carbons (Fsp3) is 0. The van der Waals surface area contributed by atoms with Crippen molar-refractivity contribution in [3.63, 3.8) is 0 Å². The monoisotopic (exact) mass is 357 g/mol. The van der Waals surface area contributed by atoms with Crippen LogP contribution in [0.5, 0.6) is 0 Å². The molecule has 4 nitrogen and oxygen atoms in total. The Hall–Kier alpha value is -3.31. The Labute approximate surface area is 154 Å². The number of thiazole rings is 1. The first kappa shape index (κ1) is 16.2. The molecule has 0 saturated carbocycles. The van der Waals surface area contributed by atoms with Crippen LogP contribution in [0, 0.1) is 0 Å². The average molecular weight is 357 g/mol. The van der Waals surface area contributed by atoms with Crippen molar-refractivity contribution >= 4 is 39.2 Å². The molecule has 1 N–H and O–H groups in total. The summed E-state index contributed by atoms with van der Waals surface area (Å²) in [5.41, 5.74) is 2.55. The zero-order valence-corrected chi connectivity index (χ0v) is 14.6. The number of fused-ring (bicyclic) bond motifs is 1. The molecule has 0 aliphatic rings. The Morgan fingerprint density at radius 1 is 0.962 bits per heavy atom. The Morgan fingerprint density at radius 3 is 2.69 bits per heavy atom. The fourth-order valence-corrected chi connectivity index (χ4v) is 3.38. The molecule has 0 aliphatic carbocycles. The minimum atomic E-state index is -0.208. The molecule has 5 heteroatoms. The van der Waals surface area contributed by atoms with Gasteiger partial charge < -0.3 is 0 Å². The molecule has 2 heterocycles. The lowest BCUT2D eigenvalue weighted by atomic mass is 10.0. The van der Waals surface area contributed by atoms with E-state index in [4.69, 9.17) is 0 Å². The maximum absolute atomic E-state index is 12.2. The summed E-state index contributed by atoms with van der Waals surface area (Å²) in [4.78, 5) is 20.9. The predicted molar refractivity (Wildman–Crippen MR) is 107 cm³/mol. The molecule has 26 heavy (non-hydrogen) atoms. The normalized spacial score (nSPS) is 11.1. The van der Waals surface area contributed by atoms with E-state index < -0.39 is 0 Å². The number of amides is 1. The van der Waals surface area contributed by atoms with Gasteiger partial charge in [0.25, 0.3) is 0 Å². The number of carbonyl (C=O) groups is 1. The number of pyridine rings is 1. The first-order valence-corrected chi connectivity index (χ1v) is 9.01. The SMILES string of the molecule is O=C(/C=C/c1cccc2ccccc12)Nc1nc(-c2ccccn2)cs1. The van der Waals surface area contributed by atoms with Gasteiger partial charge in [0.1, 0.15) is 5.69 Å². The largest absolute Gasteiger partial charge is 0.298 e. The Kier molecular flexibility index (Phi) is 4.53. The average Bonchev–Trinajstić information content (AvgIpc) is 3.15. The lowest BCUT2D eigenvalue weighted by Crippen LogP contribution is -2.07. The van der Waals surface area contributed by atoms with Crippen molar-refractivity contribution in [1.82, 2.24) is 9.97 Å². The van der Waals surface area contributed by atoms with Crippen molar-refractivity contribution in [2.45, 2.75) is 0 Å². The molecule has 0 unspecified atom stereocenters. The summed E-state index contributed by atoms with van der Waals surface area (Å²) in [7, 11) is 0. The van der Waals surface area contributed by atoms with Gasteiger partial charge in [0.05, 0.1) is 5.69 Å². The van der Waals surface area contributed by atoms with Gasteiger partial charge in [-0.15, -0.1) is 11.3 Å². The molecule has 2 aromatic carbocycles. The van der Waals surface area contributed by atoms with Gasteiger partial charge in [0.2, 0.25) is 5.91 Å². The van der Waals surface area contributed by atoms with Crippen molar-refractivity contribution in [3.05, 3.63) is 83.9 Å². The van der Waals surface area contributed by atoms with Crippen LogP contribution in [0.4, 0.5) is 5.13 Å². The maximum Gasteiger partial charge on any atom is 0.250 e. The molecule has 0 saturated heterocycles. The van der Waals surface area contributed by atoms with E-state index in [1.807, 2.05) is 60.0 Å². The van der Waals surface area contributed by atoms with E-state index in [2.05, 4.69) is 27.4 Å². The first-order valence-electron chi connectivity index (χ1n) is 8.13. The molecular formula is C21H15N3OS. The highest BCUT2D eigenvalue weighted by Gasteiger charge is 2.07. The Bertz CT molecular complexity index is 1080. The summed E-state index contributed by atoms with van der Waals surface area (Å²) in [5.74, 6) is -0.208. The quantitative estimate of drug-likeness (QED) is 0.522. The number of carbonyl (C=O) groups excluding carboxylic acids is 1. The summed E-state index contributed by atoms with van der Waals surface area (Å²) in [5, 5.41) is 7.50. The van der Waals surface area contributed by atoms with E-state index >= 15 is 0 Å². The number of benzene rings is 2. The zero-order valence-electron chi connectivity index (χ0n) is 13.8. The van der Waals surface area contributed by atoms with Gasteiger partial charge in [-0.25, -0.2) is 4.98 Å². The molecule has 2 aromatic heterocycles. The molecule has 126 valence electrons. The second kappa shape index (κ2) is 7.29. The standard InChI is InChI=1S/C21H15N3OS/c25-20(12-11-16-8-5-7-15-6-1-2-9-17(15)16)24-21-23-19(14-26-21)18-10-3-4-13-22-18/h1-14H,(H,23,24,25)/b12-11+. The number of hydrogen-bond acceptors (Lipinski definition) is 4. The molecule has 4 rings (SSSR count). The summed E-state index contributed by atoms with van der Waals surface area (Å²) in [6.45, 7) is 0. The van der Waals surface area contributed by atoms with E-state index in [1.54, 1.807) is 6.20 Å². The number of hydrogen-bond donors (Lipinski definition) is 1. The van der Waals surface area contributed by atoms with Gasteiger partial charge in [0.15, 0.2) is 5.13 Å². The van der Waals surface area contributed by atoms with Crippen molar-refractivity contribution in [2.24, 2.45) is 0 Å². The number of anilines is 1. The number of rotatable bonds is 4. The third-order valence-electron chi connectivity index (χ3n) is 3.90. The topological polar surface area (TPSA) is 54.9 Å². The summed E-state index contributed by atoms with van der Waals surface area (Å²) in [6, 6.07) is 19.8. The Balaban J connectivity index is 1.49. The van der Waals surface area contributed by atoms with E-state index in [-0.39, 0.29) is 5.91 Å². The lowest BCUT2D eigenvalue weighted by molar-refractivity contribution is -0.111. The van der Waals surface area contributed by atoms with Crippen molar-refractivity contribution in [3.8, 4) is 11.4 Å².